The Bertz CT molecular complexity index is 373. The minimum Gasteiger partial charge on any atom is -0.464 e. The first-order valence-corrected chi connectivity index (χ1v) is 7.48. The maximum absolute atomic E-state index is 11.5. The summed E-state index contributed by atoms with van der Waals surface area (Å²) < 4.78 is 8.20. The lowest BCUT2D eigenvalue weighted by Gasteiger charge is -2.15. The van der Waals surface area contributed by atoms with Crippen molar-refractivity contribution in [3.63, 3.8) is 0 Å². The van der Waals surface area contributed by atoms with Crippen molar-refractivity contribution >= 4 is 28.8 Å². The second-order valence-electron chi connectivity index (χ2n) is 4.66. The first-order valence-electron chi connectivity index (χ1n) is 6.41. The number of carbonyl (C=O) groups excluding carboxylic acids is 1. The van der Waals surface area contributed by atoms with Crippen LogP contribution < -0.4 is 8.85 Å². The first-order chi connectivity index (χ1) is 9.11. The standard InChI is InChI=1S/C14H21IN2O2/c1-11(17-15)8-14(18)19-10-12(2)16-9-13-6-4-3-5-7-13/h3-7,11-12,16-17H,8-10H2,1-2H3/t11?,12-/m0/s1. The number of hydrogen-bond acceptors (Lipinski definition) is 4. The highest BCUT2D eigenvalue weighted by molar-refractivity contribution is 14.1. The highest BCUT2D eigenvalue weighted by Crippen LogP contribution is 2.00. The largest absolute Gasteiger partial charge is 0.464 e. The third-order valence-corrected chi connectivity index (χ3v) is 3.71. The molecule has 0 aromatic heterocycles. The van der Waals surface area contributed by atoms with E-state index in [1.165, 1.54) is 5.56 Å². The minimum atomic E-state index is -0.162. The van der Waals surface area contributed by atoms with E-state index in [-0.39, 0.29) is 18.1 Å². The molecule has 0 amide bonds. The van der Waals surface area contributed by atoms with Gasteiger partial charge in [-0.3, -0.25) is 8.32 Å². The van der Waals surface area contributed by atoms with Crippen LogP contribution in [0.25, 0.3) is 0 Å². The molecule has 0 bridgehead atoms. The third kappa shape index (κ3) is 7.49. The van der Waals surface area contributed by atoms with Crippen molar-refractivity contribution in [1.29, 1.82) is 0 Å². The van der Waals surface area contributed by atoms with Gasteiger partial charge in [0.2, 0.25) is 0 Å². The van der Waals surface area contributed by atoms with Crippen molar-refractivity contribution in [3.05, 3.63) is 35.9 Å². The number of rotatable bonds is 8. The van der Waals surface area contributed by atoms with Gasteiger partial charge in [0.05, 0.1) is 6.42 Å². The molecule has 0 aliphatic rings. The molecule has 0 radical (unpaired) electrons. The predicted molar refractivity (Wildman–Crippen MR) is 84.9 cm³/mol. The monoisotopic (exact) mass is 376 g/mol. The molecule has 2 N–H and O–H groups in total. The van der Waals surface area contributed by atoms with E-state index in [2.05, 4.69) is 21.0 Å². The number of halogens is 1. The van der Waals surface area contributed by atoms with E-state index in [1.807, 2.05) is 54.9 Å². The zero-order valence-corrected chi connectivity index (χ0v) is 13.5. The topological polar surface area (TPSA) is 50.4 Å². The molecule has 0 saturated heterocycles. The number of carbonyl (C=O) groups is 1. The van der Waals surface area contributed by atoms with Crippen molar-refractivity contribution in [1.82, 2.24) is 8.85 Å². The summed E-state index contributed by atoms with van der Waals surface area (Å²) in [6.45, 7) is 5.14. The summed E-state index contributed by atoms with van der Waals surface area (Å²) in [5.41, 5.74) is 1.23. The van der Waals surface area contributed by atoms with Crippen LogP contribution in [0.15, 0.2) is 30.3 Å². The first kappa shape index (κ1) is 16.4. The molecule has 1 aromatic rings. The SMILES string of the molecule is CC(CC(=O)OC[C@H](C)NCc1ccccc1)NI. The Labute approximate surface area is 128 Å². The fourth-order valence-corrected chi connectivity index (χ4v) is 1.73. The molecule has 5 heteroatoms. The van der Waals surface area contributed by atoms with Crippen molar-refractivity contribution in [2.45, 2.75) is 38.9 Å². The Morgan fingerprint density at radius 2 is 1.95 bits per heavy atom. The van der Waals surface area contributed by atoms with Gasteiger partial charge >= 0.3 is 5.97 Å². The van der Waals surface area contributed by atoms with E-state index < -0.39 is 0 Å². The molecule has 19 heavy (non-hydrogen) atoms. The predicted octanol–water partition coefficient (Wildman–Crippen LogP) is 2.43. The van der Waals surface area contributed by atoms with Crippen molar-refractivity contribution in [2.75, 3.05) is 6.61 Å². The fraction of sp³-hybridized carbons (Fsp3) is 0.500. The van der Waals surface area contributed by atoms with Gasteiger partial charge in [-0.2, -0.15) is 0 Å². The Morgan fingerprint density at radius 1 is 1.26 bits per heavy atom. The van der Waals surface area contributed by atoms with Gasteiger partial charge in [-0.05, 0) is 19.4 Å². The summed E-state index contributed by atoms with van der Waals surface area (Å²) in [5.74, 6) is -0.162. The molecule has 106 valence electrons. The summed E-state index contributed by atoms with van der Waals surface area (Å²) in [4.78, 5) is 11.5. The van der Waals surface area contributed by atoms with Crippen LogP contribution in [0.5, 0.6) is 0 Å². The van der Waals surface area contributed by atoms with Gasteiger partial charge in [0.1, 0.15) is 6.61 Å². The van der Waals surface area contributed by atoms with E-state index in [0.717, 1.165) is 6.54 Å². The summed E-state index contributed by atoms with van der Waals surface area (Å²) in [6, 6.07) is 10.4. The number of ether oxygens (including phenoxy) is 1. The van der Waals surface area contributed by atoms with Gasteiger partial charge in [-0.15, -0.1) is 0 Å². The Hall–Kier alpha value is -0.660. The molecular weight excluding hydrogens is 355 g/mol. The van der Waals surface area contributed by atoms with Gasteiger partial charge in [0.15, 0.2) is 0 Å². The van der Waals surface area contributed by atoms with Gasteiger partial charge < -0.3 is 10.1 Å². The van der Waals surface area contributed by atoms with Crippen molar-refractivity contribution in [3.8, 4) is 0 Å². The Balaban J connectivity index is 2.17. The fourth-order valence-electron chi connectivity index (χ4n) is 1.51. The van der Waals surface area contributed by atoms with Crippen LogP contribution in [0.1, 0.15) is 25.8 Å². The van der Waals surface area contributed by atoms with Crippen LogP contribution in [-0.2, 0) is 16.1 Å². The lowest BCUT2D eigenvalue weighted by atomic mass is 10.2. The quantitative estimate of drug-likeness (QED) is 0.416. The molecular formula is C14H21IN2O2. The average molecular weight is 376 g/mol. The lowest BCUT2D eigenvalue weighted by molar-refractivity contribution is -0.144. The maximum atomic E-state index is 11.5. The Morgan fingerprint density at radius 3 is 2.58 bits per heavy atom. The summed E-state index contributed by atoms with van der Waals surface area (Å²) in [7, 11) is 0. The zero-order chi connectivity index (χ0) is 14.1. The van der Waals surface area contributed by atoms with E-state index in [9.17, 15) is 4.79 Å². The third-order valence-electron chi connectivity index (χ3n) is 2.65. The van der Waals surface area contributed by atoms with Gasteiger partial charge in [0.25, 0.3) is 0 Å². The number of nitrogens with one attached hydrogen (secondary N) is 2. The molecule has 0 saturated carbocycles. The summed E-state index contributed by atoms with van der Waals surface area (Å²) in [5, 5.41) is 3.33. The lowest BCUT2D eigenvalue weighted by Crippen LogP contribution is -2.32. The van der Waals surface area contributed by atoms with Crippen LogP contribution in [0.3, 0.4) is 0 Å². The van der Waals surface area contributed by atoms with E-state index in [0.29, 0.717) is 13.0 Å². The highest BCUT2D eigenvalue weighted by atomic mass is 127. The smallest absolute Gasteiger partial charge is 0.307 e. The molecule has 0 spiro atoms. The molecule has 0 heterocycles. The maximum Gasteiger partial charge on any atom is 0.307 e. The molecule has 1 rings (SSSR count). The Kier molecular flexibility index (Phi) is 8.00. The van der Waals surface area contributed by atoms with E-state index >= 15 is 0 Å². The van der Waals surface area contributed by atoms with Gasteiger partial charge in [-0.1, -0.05) is 30.3 Å². The van der Waals surface area contributed by atoms with Crippen LogP contribution in [-0.4, -0.2) is 24.7 Å². The van der Waals surface area contributed by atoms with Crippen LogP contribution in [0.2, 0.25) is 0 Å². The van der Waals surface area contributed by atoms with Gasteiger partial charge in [0, 0.05) is 41.5 Å². The number of hydrogen-bond donors (Lipinski definition) is 2. The number of benzene rings is 1. The van der Waals surface area contributed by atoms with Crippen LogP contribution in [0.4, 0.5) is 0 Å². The van der Waals surface area contributed by atoms with E-state index in [1.54, 1.807) is 0 Å². The normalized spacial score (nSPS) is 13.8. The van der Waals surface area contributed by atoms with Crippen LogP contribution in [0, 0.1) is 0 Å². The molecule has 1 unspecified atom stereocenters. The summed E-state index contributed by atoms with van der Waals surface area (Å²) in [6.07, 6.45) is 0.397. The van der Waals surface area contributed by atoms with E-state index in [4.69, 9.17) is 4.74 Å². The molecule has 4 nitrogen and oxygen atoms in total. The molecule has 0 aliphatic heterocycles. The van der Waals surface area contributed by atoms with Crippen molar-refractivity contribution in [2.24, 2.45) is 0 Å². The molecule has 2 atom stereocenters. The van der Waals surface area contributed by atoms with Crippen molar-refractivity contribution < 1.29 is 9.53 Å². The second-order valence-corrected chi connectivity index (χ2v) is 5.29. The number of esters is 1. The highest BCUT2D eigenvalue weighted by Gasteiger charge is 2.10. The minimum absolute atomic E-state index is 0.140. The second kappa shape index (κ2) is 9.28. The van der Waals surface area contributed by atoms with Gasteiger partial charge in [-0.25, -0.2) is 0 Å². The summed E-state index contributed by atoms with van der Waals surface area (Å²) >= 11 is 2.04. The van der Waals surface area contributed by atoms with Crippen LogP contribution >= 0.6 is 22.9 Å². The molecule has 0 fully saturated rings. The zero-order valence-electron chi connectivity index (χ0n) is 11.4. The molecule has 0 aliphatic carbocycles. The molecule has 1 aromatic carbocycles. The average Bonchev–Trinajstić information content (AvgIpc) is 2.43.